The highest BCUT2D eigenvalue weighted by atomic mass is 32.1. The van der Waals surface area contributed by atoms with Crippen LogP contribution < -0.4 is 4.90 Å². The topological polar surface area (TPSA) is 29.0 Å². The van der Waals surface area contributed by atoms with Gasteiger partial charge in [0.1, 0.15) is 0 Å². The number of fused-ring (bicyclic) bond motifs is 13. The summed E-state index contributed by atoms with van der Waals surface area (Å²) in [6.45, 7) is 6.80. The van der Waals surface area contributed by atoms with E-state index in [-0.39, 0.29) is 0 Å². The molecule has 0 bridgehead atoms. The highest BCUT2D eigenvalue weighted by molar-refractivity contribution is 7.26. The molecule has 3 nitrogen and oxygen atoms in total. The lowest BCUT2D eigenvalue weighted by molar-refractivity contribution is 0.525. The zero-order valence-electron chi connectivity index (χ0n) is 27.0. The van der Waals surface area contributed by atoms with Crippen LogP contribution in [-0.2, 0) is 5.54 Å². The number of aryl methyl sites for hydroxylation is 1. The molecule has 0 amide bonds. The molecule has 0 fully saturated rings. The van der Waals surface area contributed by atoms with Gasteiger partial charge in [-0.1, -0.05) is 127 Å². The van der Waals surface area contributed by atoms with Gasteiger partial charge in [0.25, 0.3) is 0 Å². The average Bonchev–Trinajstić information content (AvgIpc) is 3.51. The van der Waals surface area contributed by atoms with Crippen molar-refractivity contribution < 1.29 is 0 Å². The molecule has 0 saturated heterocycles. The van der Waals surface area contributed by atoms with Crippen molar-refractivity contribution in [2.75, 3.05) is 4.90 Å². The molecule has 4 heteroatoms. The van der Waals surface area contributed by atoms with Crippen molar-refractivity contribution in [2.24, 2.45) is 0 Å². The molecular weight excluding hydrogens is 603 g/mol. The number of thiophene rings is 1. The zero-order chi connectivity index (χ0) is 32.1. The van der Waals surface area contributed by atoms with Gasteiger partial charge in [0.15, 0.2) is 0 Å². The number of benzene rings is 7. The number of hydrogen-bond acceptors (Lipinski definition) is 4. The van der Waals surface area contributed by atoms with E-state index in [0.29, 0.717) is 5.95 Å². The number of nitrogens with zero attached hydrogens (tertiary/aromatic N) is 3. The molecule has 0 saturated carbocycles. The molecule has 0 spiro atoms. The lowest BCUT2D eigenvalue weighted by Crippen LogP contribution is -2.42. The van der Waals surface area contributed by atoms with Gasteiger partial charge in [-0.25, -0.2) is 9.97 Å². The predicted molar refractivity (Wildman–Crippen MR) is 205 cm³/mol. The van der Waals surface area contributed by atoms with E-state index >= 15 is 0 Å². The Morgan fingerprint density at radius 1 is 0.583 bits per heavy atom. The average molecular weight is 634 g/mol. The Bertz CT molecular complexity index is 2770. The Kier molecular flexibility index (Phi) is 5.71. The van der Waals surface area contributed by atoms with E-state index in [1.807, 2.05) is 11.3 Å². The van der Waals surface area contributed by atoms with Gasteiger partial charge in [-0.05, 0) is 65.6 Å². The van der Waals surface area contributed by atoms with Crippen LogP contribution in [0.15, 0.2) is 133 Å². The Morgan fingerprint density at radius 2 is 1.25 bits per heavy atom. The van der Waals surface area contributed by atoms with E-state index in [2.05, 4.69) is 159 Å². The lowest BCUT2D eigenvalue weighted by atomic mass is 9.76. The summed E-state index contributed by atoms with van der Waals surface area (Å²) >= 11 is 1.88. The molecular formula is C44H31N3S. The molecule has 1 aliphatic rings. The van der Waals surface area contributed by atoms with E-state index in [1.54, 1.807) is 0 Å². The highest BCUT2D eigenvalue weighted by Gasteiger charge is 2.43. The zero-order valence-corrected chi connectivity index (χ0v) is 27.8. The summed E-state index contributed by atoms with van der Waals surface area (Å²) in [5.74, 6) is 0.711. The second kappa shape index (κ2) is 9.96. The minimum atomic E-state index is -0.481. The maximum atomic E-state index is 5.51. The summed E-state index contributed by atoms with van der Waals surface area (Å²) in [6, 6.07) is 48.4. The smallest absolute Gasteiger partial charge is 0.231 e. The van der Waals surface area contributed by atoms with Crippen LogP contribution in [0.25, 0.3) is 75.0 Å². The monoisotopic (exact) mass is 633 g/mol. The van der Waals surface area contributed by atoms with Gasteiger partial charge >= 0.3 is 0 Å². The van der Waals surface area contributed by atoms with E-state index in [4.69, 9.17) is 9.97 Å². The minimum absolute atomic E-state index is 0.481. The summed E-state index contributed by atoms with van der Waals surface area (Å²) in [5.41, 5.74) is 8.74. The molecule has 7 aromatic carbocycles. The van der Waals surface area contributed by atoms with Crippen LogP contribution in [-0.4, -0.2) is 9.97 Å². The summed E-state index contributed by atoms with van der Waals surface area (Å²) < 4.78 is 2.55. The summed E-state index contributed by atoms with van der Waals surface area (Å²) in [5, 5.41) is 8.69. The third kappa shape index (κ3) is 3.75. The third-order valence-corrected chi connectivity index (χ3v) is 11.4. The summed E-state index contributed by atoms with van der Waals surface area (Å²) in [6.07, 6.45) is 0. The van der Waals surface area contributed by atoms with E-state index in [1.165, 1.54) is 69.7 Å². The first kappa shape index (κ1) is 27.5. The van der Waals surface area contributed by atoms with Crippen LogP contribution in [0, 0.1) is 6.92 Å². The molecule has 10 rings (SSSR count). The minimum Gasteiger partial charge on any atom is -0.299 e. The van der Waals surface area contributed by atoms with Crippen LogP contribution in [0.4, 0.5) is 11.6 Å². The molecule has 0 atom stereocenters. The Labute approximate surface area is 282 Å². The van der Waals surface area contributed by atoms with E-state index in [9.17, 15) is 0 Å². The second-order valence-electron chi connectivity index (χ2n) is 13.4. The van der Waals surface area contributed by atoms with Crippen molar-refractivity contribution in [1.29, 1.82) is 0 Å². The fourth-order valence-corrected chi connectivity index (χ4v) is 9.26. The van der Waals surface area contributed by atoms with E-state index < -0.39 is 5.54 Å². The Morgan fingerprint density at radius 3 is 2.06 bits per heavy atom. The summed E-state index contributed by atoms with van der Waals surface area (Å²) in [4.78, 5) is 13.4. The number of aromatic nitrogens is 2. The van der Waals surface area contributed by atoms with Gasteiger partial charge in [-0.3, -0.25) is 4.90 Å². The van der Waals surface area contributed by atoms with Crippen molar-refractivity contribution in [2.45, 2.75) is 26.3 Å². The van der Waals surface area contributed by atoms with E-state index in [0.717, 1.165) is 22.2 Å². The van der Waals surface area contributed by atoms with Crippen LogP contribution in [0.1, 0.15) is 25.0 Å². The molecule has 228 valence electrons. The fraction of sp³-hybridized carbons (Fsp3) is 0.0909. The second-order valence-corrected chi connectivity index (χ2v) is 14.5. The predicted octanol–water partition coefficient (Wildman–Crippen LogP) is 12.3. The van der Waals surface area contributed by atoms with Crippen LogP contribution in [0.5, 0.6) is 0 Å². The standard InChI is InChI=1S/C44H31N3S/c1-26-20-22-28(23-21-26)40-32-16-8-10-18-35(32)45-43(46-40)47-41-39(38-29-13-5-4-12-27(29)24-25-34(38)44(47,2)3)31-15-7-6-14-30(31)37-33-17-9-11-19-36(33)48-42(37)41/h4-25H,1-3H3. The van der Waals surface area contributed by atoms with Crippen LogP contribution in [0.2, 0.25) is 0 Å². The molecule has 0 aliphatic carbocycles. The number of hydrogen-bond donors (Lipinski definition) is 0. The Balaban J connectivity index is 1.41. The van der Waals surface area contributed by atoms with Gasteiger partial charge in [-0.2, -0.15) is 0 Å². The number of para-hydroxylation sites is 1. The molecule has 48 heavy (non-hydrogen) atoms. The quantitative estimate of drug-likeness (QED) is 0.190. The van der Waals surface area contributed by atoms with Crippen molar-refractivity contribution >= 4 is 75.6 Å². The first-order valence-electron chi connectivity index (χ1n) is 16.5. The largest absolute Gasteiger partial charge is 0.299 e. The third-order valence-electron chi connectivity index (χ3n) is 10.3. The molecule has 0 radical (unpaired) electrons. The highest BCUT2D eigenvalue weighted by Crippen LogP contribution is 2.59. The summed E-state index contributed by atoms with van der Waals surface area (Å²) in [7, 11) is 0. The van der Waals surface area contributed by atoms with Gasteiger partial charge in [0.05, 0.1) is 27.1 Å². The molecule has 9 aromatic rings. The lowest BCUT2D eigenvalue weighted by Gasteiger charge is -2.46. The molecule has 0 unspecified atom stereocenters. The maximum Gasteiger partial charge on any atom is 0.231 e. The van der Waals surface area contributed by atoms with Gasteiger partial charge in [0, 0.05) is 32.0 Å². The van der Waals surface area contributed by atoms with Crippen molar-refractivity contribution in [3.63, 3.8) is 0 Å². The van der Waals surface area contributed by atoms with Crippen molar-refractivity contribution in [1.82, 2.24) is 9.97 Å². The first-order chi connectivity index (χ1) is 23.5. The van der Waals surface area contributed by atoms with Gasteiger partial charge in [0.2, 0.25) is 5.95 Å². The number of rotatable bonds is 2. The molecule has 3 heterocycles. The van der Waals surface area contributed by atoms with Crippen LogP contribution >= 0.6 is 11.3 Å². The molecule has 0 N–H and O–H groups in total. The van der Waals surface area contributed by atoms with Crippen molar-refractivity contribution in [3.05, 3.63) is 145 Å². The Hall–Kier alpha value is -5.58. The molecule has 1 aliphatic heterocycles. The van der Waals surface area contributed by atoms with Gasteiger partial charge < -0.3 is 0 Å². The maximum absolute atomic E-state index is 5.51. The SMILES string of the molecule is Cc1ccc(-c2nc(N3c4c(c5ccccc5c5c4sc4ccccc45)-c4c(ccc5ccccc45)C3(C)C)nc3ccccc23)cc1. The van der Waals surface area contributed by atoms with Crippen LogP contribution in [0.3, 0.4) is 0 Å². The van der Waals surface area contributed by atoms with Crippen molar-refractivity contribution in [3.8, 4) is 22.4 Å². The van der Waals surface area contributed by atoms with Gasteiger partial charge in [-0.15, -0.1) is 11.3 Å². The number of anilines is 2. The normalized spacial score (nSPS) is 13.9. The first-order valence-corrected chi connectivity index (χ1v) is 17.3. The fourth-order valence-electron chi connectivity index (χ4n) is 8.00. The molecule has 2 aromatic heterocycles.